The van der Waals surface area contributed by atoms with Crippen LogP contribution >= 0.6 is 0 Å². The van der Waals surface area contributed by atoms with Crippen molar-refractivity contribution in [2.75, 3.05) is 0 Å². The number of hydrogen-bond acceptors (Lipinski definition) is 1. The van der Waals surface area contributed by atoms with Gasteiger partial charge in [0, 0.05) is 0 Å². The molecule has 1 aliphatic rings. The lowest BCUT2D eigenvalue weighted by atomic mass is 9.76. The third-order valence-electron chi connectivity index (χ3n) is 3.06. The summed E-state index contributed by atoms with van der Waals surface area (Å²) >= 11 is 0. The summed E-state index contributed by atoms with van der Waals surface area (Å²) < 4.78 is 0. The molecule has 0 unspecified atom stereocenters. The highest BCUT2D eigenvalue weighted by Crippen LogP contribution is 2.35. The molecule has 0 aromatic heterocycles. The number of aliphatic hydroxyl groups is 1. The van der Waals surface area contributed by atoms with Crippen LogP contribution in [-0.4, -0.2) is 10.7 Å². The quantitative estimate of drug-likeness (QED) is 0.659. The van der Waals surface area contributed by atoms with Crippen LogP contribution in [0.2, 0.25) is 0 Å². The van der Waals surface area contributed by atoms with Crippen LogP contribution in [0.15, 0.2) is 25.3 Å². The van der Waals surface area contributed by atoms with Crippen molar-refractivity contribution in [3.63, 3.8) is 0 Å². The molecule has 1 saturated carbocycles. The fourth-order valence-corrected chi connectivity index (χ4v) is 2.16. The first kappa shape index (κ1) is 10.5. The molecule has 0 bridgehead atoms. The summed E-state index contributed by atoms with van der Waals surface area (Å²) in [5, 5.41) is 10.1. The summed E-state index contributed by atoms with van der Waals surface area (Å²) in [5.41, 5.74) is -0.445. The van der Waals surface area contributed by atoms with Crippen LogP contribution in [-0.2, 0) is 0 Å². The van der Waals surface area contributed by atoms with Gasteiger partial charge in [-0.3, -0.25) is 0 Å². The molecule has 1 N–H and O–H groups in total. The van der Waals surface area contributed by atoms with Crippen LogP contribution in [0.4, 0.5) is 0 Å². The van der Waals surface area contributed by atoms with E-state index in [2.05, 4.69) is 13.2 Å². The minimum absolute atomic E-state index is 0.445. The second-order valence-corrected chi connectivity index (χ2v) is 4.18. The third kappa shape index (κ3) is 3.00. The average Bonchev–Trinajstić information content (AvgIpc) is 2.10. The Kier molecular flexibility index (Phi) is 3.73. The van der Waals surface area contributed by atoms with Gasteiger partial charge in [-0.25, -0.2) is 0 Å². The summed E-state index contributed by atoms with van der Waals surface area (Å²) in [6, 6.07) is 0. The van der Waals surface area contributed by atoms with Crippen LogP contribution in [0.5, 0.6) is 0 Å². The monoisotopic (exact) mass is 180 g/mol. The lowest BCUT2D eigenvalue weighted by Crippen LogP contribution is -2.33. The molecule has 0 amide bonds. The largest absolute Gasteiger partial charge is 0.390 e. The van der Waals surface area contributed by atoms with E-state index in [1.165, 1.54) is 0 Å². The van der Waals surface area contributed by atoms with Crippen LogP contribution in [0.3, 0.4) is 0 Å². The van der Waals surface area contributed by atoms with E-state index >= 15 is 0 Å². The van der Waals surface area contributed by atoms with Crippen LogP contribution in [0.1, 0.15) is 38.5 Å². The molecule has 74 valence electrons. The highest BCUT2D eigenvalue weighted by atomic mass is 16.3. The predicted molar refractivity (Wildman–Crippen MR) is 56.5 cm³/mol. The fraction of sp³-hybridized carbons (Fsp3) is 0.667. The van der Waals surface area contributed by atoms with Gasteiger partial charge in [-0.2, -0.15) is 0 Å². The molecule has 1 aliphatic carbocycles. The van der Waals surface area contributed by atoms with E-state index < -0.39 is 5.60 Å². The molecule has 0 aromatic carbocycles. The maximum absolute atomic E-state index is 10.1. The molecule has 0 saturated heterocycles. The zero-order valence-electron chi connectivity index (χ0n) is 8.34. The zero-order valence-corrected chi connectivity index (χ0v) is 8.34. The lowest BCUT2D eigenvalue weighted by Gasteiger charge is -2.35. The van der Waals surface area contributed by atoms with E-state index in [9.17, 15) is 5.11 Å². The Hall–Kier alpha value is -0.560. The maximum atomic E-state index is 10.1. The predicted octanol–water partition coefficient (Wildman–Crippen LogP) is 3.06. The molecule has 0 heterocycles. The first-order valence-electron chi connectivity index (χ1n) is 5.14. The SMILES string of the molecule is C=CCC1CCC(O)(CC=C)CC1. The van der Waals surface area contributed by atoms with Gasteiger partial charge >= 0.3 is 0 Å². The van der Waals surface area contributed by atoms with Gasteiger partial charge in [0.25, 0.3) is 0 Å². The normalized spacial score (nSPS) is 34.1. The van der Waals surface area contributed by atoms with Crippen molar-refractivity contribution in [2.24, 2.45) is 5.92 Å². The summed E-state index contributed by atoms with van der Waals surface area (Å²) in [4.78, 5) is 0. The van der Waals surface area contributed by atoms with Gasteiger partial charge < -0.3 is 5.11 Å². The molecule has 1 fully saturated rings. The summed E-state index contributed by atoms with van der Waals surface area (Å²) in [5.74, 6) is 0.752. The van der Waals surface area contributed by atoms with Gasteiger partial charge in [-0.1, -0.05) is 12.2 Å². The highest BCUT2D eigenvalue weighted by Gasteiger charge is 2.31. The van der Waals surface area contributed by atoms with Crippen LogP contribution in [0, 0.1) is 5.92 Å². The number of rotatable bonds is 4. The van der Waals surface area contributed by atoms with Crippen LogP contribution < -0.4 is 0 Å². The fourth-order valence-electron chi connectivity index (χ4n) is 2.16. The molecule has 0 aromatic rings. The van der Waals surface area contributed by atoms with Crippen molar-refractivity contribution in [3.8, 4) is 0 Å². The van der Waals surface area contributed by atoms with Gasteiger partial charge in [-0.15, -0.1) is 13.2 Å². The molecular formula is C12H20O. The van der Waals surface area contributed by atoms with Crippen molar-refractivity contribution in [1.29, 1.82) is 0 Å². The van der Waals surface area contributed by atoms with Crippen molar-refractivity contribution in [2.45, 2.75) is 44.1 Å². The van der Waals surface area contributed by atoms with Crippen molar-refractivity contribution < 1.29 is 5.11 Å². The van der Waals surface area contributed by atoms with Gasteiger partial charge in [-0.05, 0) is 44.4 Å². The Morgan fingerprint density at radius 1 is 1.23 bits per heavy atom. The summed E-state index contributed by atoms with van der Waals surface area (Å²) in [6.45, 7) is 7.43. The molecule has 0 atom stereocenters. The van der Waals surface area contributed by atoms with Crippen molar-refractivity contribution in [3.05, 3.63) is 25.3 Å². The number of hydrogen-bond donors (Lipinski definition) is 1. The van der Waals surface area contributed by atoms with E-state index in [1.807, 2.05) is 12.2 Å². The van der Waals surface area contributed by atoms with Gasteiger partial charge in [0.15, 0.2) is 0 Å². The number of allylic oxidation sites excluding steroid dienone is 1. The molecule has 0 spiro atoms. The standard InChI is InChI=1S/C12H20O/c1-3-5-11-6-9-12(13,8-4-2)10-7-11/h3-4,11,13H,1-2,5-10H2. The Labute approximate surface area is 81.2 Å². The lowest BCUT2D eigenvalue weighted by molar-refractivity contribution is -0.00607. The Morgan fingerprint density at radius 3 is 2.31 bits per heavy atom. The van der Waals surface area contributed by atoms with E-state index in [1.54, 1.807) is 0 Å². The minimum atomic E-state index is -0.445. The van der Waals surface area contributed by atoms with E-state index in [4.69, 9.17) is 0 Å². The molecule has 13 heavy (non-hydrogen) atoms. The Morgan fingerprint density at radius 2 is 1.85 bits per heavy atom. The molecule has 0 radical (unpaired) electrons. The van der Waals surface area contributed by atoms with E-state index in [0.717, 1.165) is 44.4 Å². The zero-order chi connectivity index (χ0) is 9.73. The molecule has 1 heteroatoms. The minimum Gasteiger partial charge on any atom is -0.390 e. The second-order valence-electron chi connectivity index (χ2n) is 4.18. The smallest absolute Gasteiger partial charge is 0.0682 e. The maximum Gasteiger partial charge on any atom is 0.0682 e. The van der Waals surface area contributed by atoms with E-state index in [-0.39, 0.29) is 0 Å². The highest BCUT2D eigenvalue weighted by molar-refractivity contribution is 4.91. The van der Waals surface area contributed by atoms with E-state index in [0.29, 0.717) is 0 Å². The third-order valence-corrected chi connectivity index (χ3v) is 3.06. The van der Waals surface area contributed by atoms with Crippen molar-refractivity contribution in [1.82, 2.24) is 0 Å². The first-order valence-corrected chi connectivity index (χ1v) is 5.14. The first-order chi connectivity index (χ1) is 6.20. The molecule has 1 rings (SSSR count). The molecular weight excluding hydrogens is 160 g/mol. The van der Waals surface area contributed by atoms with Gasteiger partial charge in [0.2, 0.25) is 0 Å². The Bertz CT molecular complexity index is 176. The van der Waals surface area contributed by atoms with Crippen molar-refractivity contribution >= 4 is 0 Å². The Balaban J connectivity index is 2.36. The molecule has 0 aliphatic heterocycles. The van der Waals surface area contributed by atoms with Gasteiger partial charge in [0.05, 0.1) is 5.60 Å². The summed E-state index contributed by atoms with van der Waals surface area (Å²) in [7, 11) is 0. The molecule has 1 nitrogen and oxygen atoms in total. The topological polar surface area (TPSA) is 20.2 Å². The average molecular weight is 180 g/mol. The van der Waals surface area contributed by atoms with Crippen LogP contribution in [0.25, 0.3) is 0 Å². The van der Waals surface area contributed by atoms with Gasteiger partial charge in [0.1, 0.15) is 0 Å². The summed E-state index contributed by atoms with van der Waals surface area (Å²) in [6.07, 6.45) is 9.79. The second kappa shape index (κ2) is 4.61.